The number of likely N-dealkylation sites (tertiary alicyclic amines) is 2. The van der Waals surface area contributed by atoms with Crippen LogP contribution >= 0.6 is 0 Å². The highest BCUT2D eigenvalue weighted by Gasteiger charge is 2.45. The van der Waals surface area contributed by atoms with E-state index in [0.717, 1.165) is 0 Å². The van der Waals surface area contributed by atoms with Crippen LogP contribution in [0.15, 0.2) is 0 Å². The molecular formula is C13H19F3N2O3. The summed E-state index contributed by atoms with van der Waals surface area (Å²) in [6.45, 7) is 0.763. The molecular weight excluding hydrogens is 289 g/mol. The molecule has 21 heavy (non-hydrogen) atoms. The summed E-state index contributed by atoms with van der Waals surface area (Å²) in [5, 5.41) is 9.24. The highest BCUT2D eigenvalue weighted by Crippen LogP contribution is 2.32. The van der Waals surface area contributed by atoms with Gasteiger partial charge >= 0.3 is 6.18 Å². The number of piperidine rings is 1. The Kier molecular flexibility index (Phi) is 4.46. The van der Waals surface area contributed by atoms with Crippen molar-refractivity contribution in [3.8, 4) is 0 Å². The molecule has 2 aliphatic rings. The van der Waals surface area contributed by atoms with Gasteiger partial charge in [0.05, 0.1) is 5.92 Å². The Morgan fingerprint density at radius 2 is 1.90 bits per heavy atom. The molecule has 2 atom stereocenters. The maximum atomic E-state index is 12.4. The second-order valence-electron chi connectivity index (χ2n) is 5.82. The molecule has 1 N–H and O–H groups in total. The van der Waals surface area contributed by atoms with Gasteiger partial charge in [-0.3, -0.25) is 9.59 Å². The first-order valence-electron chi connectivity index (χ1n) is 6.97. The fourth-order valence-corrected chi connectivity index (χ4v) is 2.99. The third-order valence-corrected chi connectivity index (χ3v) is 4.32. The first-order valence-corrected chi connectivity index (χ1v) is 6.97. The van der Waals surface area contributed by atoms with Crippen molar-refractivity contribution in [2.45, 2.75) is 31.5 Å². The van der Waals surface area contributed by atoms with Crippen LogP contribution in [0, 0.1) is 11.8 Å². The standard InChI is InChI=1S/C13H19F3N2O3/c1-17-7-9(6-10(17)19)12(21)18-4-2-8(3-5-18)11(20)13(14,15)16/h8-9,11,20H,2-7H2,1H3. The van der Waals surface area contributed by atoms with Gasteiger partial charge in [-0.05, 0) is 18.8 Å². The van der Waals surface area contributed by atoms with Crippen LogP contribution in [0.2, 0.25) is 0 Å². The number of hydrogen-bond donors (Lipinski definition) is 1. The van der Waals surface area contributed by atoms with Crippen LogP contribution in [0.25, 0.3) is 0 Å². The molecule has 5 nitrogen and oxygen atoms in total. The lowest BCUT2D eigenvalue weighted by atomic mass is 9.90. The molecule has 2 fully saturated rings. The molecule has 2 unspecified atom stereocenters. The number of carbonyl (C=O) groups is 2. The van der Waals surface area contributed by atoms with Crippen LogP contribution in [0.5, 0.6) is 0 Å². The Balaban J connectivity index is 1.87. The van der Waals surface area contributed by atoms with Crippen molar-refractivity contribution in [2.24, 2.45) is 11.8 Å². The second kappa shape index (κ2) is 5.82. The van der Waals surface area contributed by atoms with E-state index in [1.54, 1.807) is 7.05 Å². The van der Waals surface area contributed by atoms with Gasteiger partial charge in [-0.1, -0.05) is 0 Å². The number of aliphatic hydroxyl groups excluding tert-OH is 1. The summed E-state index contributed by atoms with van der Waals surface area (Å²) < 4.78 is 37.3. The van der Waals surface area contributed by atoms with Crippen molar-refractivity contribution >= 4 is 11.8 Å². The number of halogens is 3. The normalized spacial score (nSPS) is 26.3. The van der Waals surface area contributed by atoms with Crippen LogP contribution in [0.4, 0.5) is 13.2 Å². The maximum Gasteiger partial charge on any atom is 0.414 e. The molecule has 0 aromatic carbocycles. The molecule has 2 amide bonds. The van der Waals surface area contributed by atoms with Crippen LogP contribution in [0.1, 0.15) is 19.3 Å². The molecule has 2 heterocycles. The minimum atomic E-state index is -4.61. The fourth-order valence-electron chi connectivity index (χ4n) is 2.99. The Hall–Kier alpha value is -1.31. The highest BCUT2D eigenvalue weighted by molar-refractivity contribution is 5.89. The van der Waals surface area contributed by atoms with Crippen LogP contribution in [0.3, 0.4) is 0 Å². The molecule has 2 rings (SSSR count). The summed E-state index contributed by atoms with van der Waals surface area (Å²) in [7, 11) is 1.63. The lowest BCUT2D eigenvalue weighted by Gasteiger charge is -2.35. The van der Waals surface area contributed by atoms with Gasteiger partial charge in [0.15, 0.2) is 6.10 Å². The summed E-state index contributed by atoms with van der Waals surface area (Å²) in [5.74, 6) is -1.52. The molecule has 2 aliphatic heterocycles. The Labute approximate surface area is 120 Å². The topological polar surface area (TPSA) is 60.9 Å². The summed E-state index contributed by atoms with van der Waals surface area (Å²) in [5.41, 5.74) is 0. The monoisotopic (exact) mass is 308 g/mol. The van der Waals surface area contributed by atoms with Gasteiger partial charge in [-0.15, -0.1) is 0 Å². The van der Waals surface area contributed by atoms with Crippen molar-refractivity contribution in [2.75, 3.05) is 26.7 Å². The zero-order valence-electron chi connectivity index (χ0n) is 11.8. The number of nitrogens with zero attached hydrogens (tertiary/aromatic N) is 2. The summed E-state index contributed by atoms with van der Waals surface area (Å²) >= 11 is 0. The number of aliphatic hydroxyl groups is 1. The molecule has 0 aromatic heterocycles. The summed E-state index contributed by atoms with van der Waals surface area (Å²) in [6.07, 6.45) is -6.52. The molecule has 2 saturated heterocycles. The lowest BCUT2D eigenvalue weighted by molar-refractivity contribution is -0.223. The fraction of sp³-hybridized carbons (Fsp3) is 0.846. The highest BCUT2D eigenvalue weighted by atomic mass is 19.4. The van der Waals surface area contributed by atoms with Crippen molar-refractivity contribution in [3.63, 3.8) is 0 Å². The smallest absolute Gasteiger partial charge is 0.383 e. The van der Waals surface area contributed by atoms with Crippen molar-refractivity contribution in [1.29, 1.82) is 0 Å². The van der Waals surface area contributed by atoms with Crippen LogP contribution < -0.4 is 0 Å². The first kappa shape index (κ1) is 16.1. The Morgan fingerprint density at radius 1 is 1.33 bits per heavy atom. The quantitative estimate of drug-likeness (QED) is 0.814. The second-order valence-corrected chi connectivity index (χ2v) is 5.82. The third-order valence-electron chi connectivity index (χ3n) is 4.32. The number of alkyl halides is 3. The van der Waals surface area contributed by atoms with E-state index in [9.17, 15) is 27.9 Å². The predicted octanol–water partition coefficient (Wildman–Crippen LogP) is 0.626. The molecule has 0 aromatic rings. The predicted molar refractivity (Wildman–Crippen MR) is 67.1 cm³/mol. The number of amides is 2. The zero-order valence-corrected chi connectivity index (χ0v) is 11.8. The number of carbonyl (C=O) groups excluding carboxylic acids is 2. The van der Waals surface area contributed by atoms with Gasteiger partial charge in [0.1, 0.15) is 0 Å². The molecule has 0 spiro atoms. The molecule has 0 aliphatic carbocycles. The minimum absolute atomic E-state index is 0.0873. The van der Waals surface area contributed by atoms with Crippen molar-refractivity contribution in [1.82, 2.24) is 9.80 Å². The molecule has 0 radical (unpaired) electrons. The van der Waals surface area contributed by atoms with E-state index in [2.05, 4.69) is 0 Å². The molecule has 8 heteroatoms. The number of rotatable bonds is 2. The zero-order chi connectivity index (χ0) is 15.8. The van der Waals surface area contributed by atoms with Gasteiger partial charge in [-0.25, -0.2) is 0 Å². The van der Waals surface area contributed by atoms with E-state index in [4.69, 9.17) is 0 Å². The van der Waals surface area contributed by atoms with E-state index in [1.807, 2.05) is 0 Å². The van der Waals surface area contributed by atoms with Gasteiger partial charge in [0, 0.05) is 33.1 Å². The molecule has 120 valence electrons. The third kappa shape index (κ3) is 3.48. The Bertz CT molecular complexity index is 419. The largest absolute Gasteiger partial charge is 0.414 e. The summed E-state index contributed by atoms with van der Waals surface area (Å²) in [4.78, 5) is 26.6. The SMILES string of the molecule is CN1CC(C(=O)N2CCC(C(O)C(F)(F)F)CC2)CC1=O. The van der Waals surface area contributed by atoms with Crippen LogP contribution in [-0.2, 0) is 9.59 Å². The van der Waals surface area contributed by atoms with Gasteiger partial charge in [0.25, 0.3) is 0 Å². The maximum absolute atomic E-state index is 12.4. The van der Waals surface area contributed by atoms with Crippen molar-refractivity contribution < 1.29 is 27.9 Å². The van der Waals surface area contributed by atoms with Crippen LogP contribution in [-0.4, -0.2) is 65.7 Å². The van der Waals surface area contributed by atoms with E-state index in [0.29, 0.717) is 6.54 Å². The van der Waals surface area contributed by atoms with E-state index in [1.165, 1.54) is 9.80 Å². The Morgan fingerprint density at radius 3 is 2.33 bits per heavy atom. The van der Waals surface area contributed by atoms with E-state index < -0.39 is 24.1 Å². The van der Waals surface area contributed by atoms with E-state index >= 15 is 0 Å². The summed E-state index contributed by atoms with van der Waals surface area (Å²) in [6, 6.07) is 0. The lowest BCUT2D eigenvalue weighted by Crippen LogP contribution is -2.47. The van der Waals surface area contributed by atoms with Gasteiger partial charge < -0.3 is 14.9 Å². The first-order chi connectivity index (χ1) is 9.70. The minimum Gasteiger partial charge on any atom is -0.383 e. The number of hydrogen-bond acceptors (Lipinski definition) is 3. The van der Waals surface area contributed by atoms with Crippen molar-refractivity contribution in [3.05, 3.63) is 0 Å². The van der Waals surface area contributed by atoms with E-state index in [-0.39, 0.29) is 44.2 Å². The molecule has 0 bridgehead atoms. The molecule has 0 saturated carbocycles. The average Bonchev–Trinajstić information content (AvgIpc) is 2.76. The van der Waals surface area contributed by atoms with Gasteiger partial charge in [-0.2, -0.15) is 13.2 Å². The average molecular weight is 308 g/mol. The van der Waals surface area contributed by atoms with Gasteiger partial charge in [0.2, 0.25) is 11.8 Å².